The van der Waals surface area contributed by atoms with Gasteiger partial charge in [-0.1, -0.05) is 11.6 Å². The van der Waals surface area contributed by atoms with Crippen LogP contribution in [0.2, 0.25) is 5.02 Å². The van der Waals surface area contributed by atoms with E-state index in [0.29, 0.717) is 38.5 Å². The highest BCUT2D eigenvalue weighted by Gasteiger charge is 2.35. The summed E-state index contributed by atoms with van der Waals surface area (Å²) in [6.07, 6.45) is 0. The average molecular weight is 342 g/mol. The number of benzene rings is 1. The topological polar surface area (TPSA) is 48.6 Å². The Labute approximate surface area is 135 Å². The maximum Gasteiger partial charge on any atom is 0.273 e. The van der Waals surface area contributed by atoms with Crippen LogP contribution in [0.3, 0.4) is 0 Å². The molecule has 8 heteroatoms. The standard InChI is InChI=1S/C15H14ClF2N3O2/c16-12-9(17)1-2-10-11(12)13(18)14(19-10)15(22)20-3-4-21-7-23-6-8(21)5-20/h1-2,8,19H,3-7H2/t8-/m1/s1. The maximum atomic E-state index is 14.6. The first kappa shape index (κ1) is 14.9. The van der Waals surface area contributed by atoms with Crippen LogP contribution in [0, 0.1) is 11.6 Å². The van der Waals surface area contributed by atoms with Crippen LogP contribution in [0.4, 0.5) is 8.78 Å². The molecule has 122 valence electrons. The molecular formula is C15H14ClF2N3O2. The lowest BCUT2D eigenvalue weighted by Gasteiger charge is -2.35. The molecule has 1 aromatic heterocycles. The summed E-state index contributed by atoms with van der Waals surface area (Å²) in [4.78, 5) is 19.1. The van der Waals surface area contributed by atoms with Gasteiger partial charge in [0.2, 0.25) is 0 Å². The van der Waals surface area contributed by atoms with Crippen molar-refractivity contribution in [2.24, 2.45) is 0 Å². The molecule has 2 saturated heterocycles. The van der Waals surface area contributed by atoms with Crippen molar-refractivity contribution in [1.82, 2.24) is 14.8 Å². The third kappa shape index (κ3) is 2.31. The monoisotopic (exact) mass is 341 g/mol. The molecule has 1 amide bonds. The summed E-state index contributed by atoms with van der Waals surface area (Å²) in [5.41, 5.74) is 0.125. The highest BCUT2D eigenvalue weighted by Crippen LogP contribution is 2.31. The zero-order valence-electron chi connectivity index (χ0n) is 12.1. The number of hydrogen-bond donors (Lipinski definition) is 1. The molecule has 0 saturated carbocycles. The van der Waals surface area contributed by atoms with Gasteiger partial charge in [0.1, 0.15) is 11.5 Å². The molecule has 0 radical (unpaired) electrons. The number of amides is 1. The van der Waals surface area contributed by atoms with Crippen LogP contribution in [0.1, 0.15) is 10.5 Å². The normalized spacial score (nSPS) is 21.9. The third-order valence-corrected chi connectivity index (χ3v) is 4.84. The lowest BCUT2D eigenvalue weighted by molar-refractivity contribution is 0.0550. The van der Waals surface area contributed by atoms with Crippen molar-refractivity contribution >= 4 is 28.4 Å². The fraction of sp³-hybridized carbons (Fsp3) is 0.400. The molecule has 2 fully saturated rings. The Morgan fingerprint density at radius 1 is 1.35 bits per heavy atom. The van der Waals surface area contributed by atoms with E-state index in [1.165, 1.54) is 6.07 Å². The molecule has 1 atom stereocenters. The van der Waals surface area contributed by atoms with E-state index in [1.807, 2.05) is 0 Å². The summed E-state index contributed by atoms with van der Waals surface area (Å²) < 4.78 is 33.5. The van der Waals surface area contributed by atoms with E-state index in [4.69, 9.17) is 16.3 Å². The number of rotatable bonds is 1. The molecule has 0 spiro atoms. The zero-order valence-corrected chi connectivity index (χ0v) is 12.9. The number of nitrogens with zero attached hydrogens (tertiary/aromatic N) is 2. The van der Waals surface area contributed by atoms with Crippen molar-refractivity contribution < 1.29 is 18.3 Å². The molecule has 2 aromatic rings. The number of aromatic nitrogens is 1. The molecule has 23 heavy (non-hydrogen) atoms. The summed E-state index contributed by atoms with van der Waals surface area (Å²) in [5.74, 6) is -1.96. The first-order valence-electron chi connectivity index (χ1n) is 7.32. The van der Waals surface area contributed by atoms with Gasteiger partial charge in [0.05, 0.1) is 35.3 Å². The second kappa shape index (κ2) is 5.43. The SMILES string of the molecule is O=C(c1[nH]c2ccc(F)c(Cl)c2c1F)N1CCN2COC[C@H]2C1. The van der Waals surface area contributed by atoms with Crippen molar-refractivity contribution in [3.63, 3.8) is 0 Å². The van der Waals surface area contributed by atoms with E-state index in [2.05, 4.69) is 9.88 Å². The Morgan fingerprint density at radius 3 is 3.00 bits per heavy atom. The number of fused-ring (bicyclic) bond motifs is 2. The summed E-state index contributed by atoms with van der Waals surface area (Å²) in [7, 11) is 0. The summed E-state index contributed by atoms with van der Waals surface area (Å²) in [6.45, 7) is 2.80. The first-order chi connectivity index (χ1) is 11.1. The molecule has 0 unspecified atom stereocenters. The molecule has 4 rings (SSSR count). The van der Waals surface area contributed by atoms with E-state index in [9.17, 15) is 13.6 Å². The van der Waals surface area contributed by atoms with Gasteiger partial charge in [-0.2, -0.15) is 0 Å². The Hall–Kier alpha value is -1.70. The lowest BCUT2D eigenvalue weighted by Crippen LogP contribution is -2.53. The molecule has 2 aliphatic heterocycles. The quantitative estimate of drug-likeness (QED) is 0.865. The van der Waals surface area contributed by atoms with Gasteiger partial charge in [-0.05, 0) is 12.1 Å². The van der Waals surface area contributed by atoms with Crippen LogP contribution in [0.25, 0.3) is 10.9 Å². The van der Waals surface area contributed by atoms with Crippen LogP contribution in [-0.4, -0.2) is 59.7 Å². The lowest BCUT2D eigenvalue weighted by atomic mass is 10.2. The van der Waals surface area contributed by atoms with Gasteiger partial charge in [0.15, 0.2) is 5.82 Å². The van der Waals surface area contributed by atoms with Gasteiger partial charge >= 0.3 is 0 Å². The van der Waals surface area contributed by atoms with Gasteiger partial charge in [-0.15, -0.1) is 0 Å². The van der Waals surface area contributed by atoms with Crippen LogP contribution < -0.4 is 0 Å². The molecule has 5 nitrogen and oxygen atoms in total. The van der Waals surface area contributed by atoms with Crippen LogP contribution in [0.5, 0.6) is 0 Å². The predicted molar refractivity (Wildman–Crippen MR) is 80.4 cm³/mol. The average Bonchev–Trinajstić information content (AvgIpc) is 3.14. The molecular weight excluding hydrogens is 328 g/mol. The Bertz CT molecular complexity index is 795. The summed E-state index contributed by atoms with van der Waals surface area (Å²) in [6, 6.07) is 2.66. The number of carbonyl (C=O) groups excluding carboxylic acids is 1. The van der Waals surface area contributed by atoms with E-state index in [0.717, 1.165) is 6.07 Å². The van der Waals surface area contributed by atoms with Crippen LogP contribution >= 0.6 is 11.6 Å². The number of carbonyl (C=O) groups is 1. The number of piperazine rings is 1. The molecule has 1 aromatic carbocycles. The Kier molecular flexibility index (Phi) is 3.51. The highest BCUT2D eigenvalue weighted by molar-refractivity contribution is 6.35. The number of ether oxygens (including phenoxy) is 1. The smallest absolute Gasteiger partial charge is 0.273 e. The fourth-order valence-electron chi connectivity index (χ4n) is 3.20. The minimum absolute atomic E-state index is 0.0853. The molecule has 1 N–H and O–H groups in total. The highest BCUT2D eigenvalue weighted by atomic mass is 35.5. The second-order valence-corrected chi connectivity index (χ2v) is 6.19. The zero-order chi connectivity index (χ0) is 16.1. The van der Waals surface area contributed by atoms with Crippen LogP contribution in [-0.2, 0) is 4.74 Å². The minimum Gasteiger partial charge on any atom is -0.364 e. The molecule has 3 heterocycles. The van der Waals surface area contributed by atoms with Gasteiger partial charge < -0.3 is 14.6 Å². The first-order valence-corrected chi connectivity index (χ1v) is 7.70. The number of H-pyrrole nitrogens is 1. The molecule has 0 aliphatic carbocycles. The van der Waals surface area contributed by atoms with Crippen molar-refractivity contribution in [3.8, 4) is 0 Å². The fourth-order valence-corrected chi connectivity index (χ4v) is 3.45. The van der Waals surface area contributed by atoms with E-state index in [1.54, 1.807) is 4.90 Å². The maximum absolute atomic E-state index is 14.6. The van der Waals surface area contributed by atoms with E-state index >= 15 is 0 Å². The molecule has 2 aliphatic rings. The van der Waals surface area contributed by atoms with Crippen molar-refractivity contribution in [3.05, 3.63) is 34.5 Å². The van der Waals surface area contributed by atoms with Gasteiger partial charge in [-0.3, -0.25) is 9.69 Å². The minimum atomic E-state index is -0.806. The number of hydrogen-bond acceptors (Lipinski definition) is 3. The van der Waals surface area contributed by atoms with Crippen molar-refractivity contribution in [2.45, 2.75) is 6.04 Å². The van der Waals surface area contributed by atoms with Gasteiger partial charge in [-0.25, -0.2) is 8.78 Å². The number of halogens is 3. The Morgan fingerprint density at radius 2 is 2.17 bits per heavy atom. The number of nitrogens with one attached hydrogen (secondary N) is 1. The van der Waals surface area contributed by atoms with Crippen LogP contribution in [0.15, 0.2) is 12.1 Å². The van der Waals surface area contributed by atoms with E-state index in [-0.39, 0.29) is 22.1 Å². The van der Waals surface area contributed by atoms with Gasteiger partial charge in [0.25, 0.3) is 5.91 Å². The summed E-state index contributed by atoms with van der Waals surface area (Å²) >= 11 is 5.82. The summed E-state index contributed by atoms with van der Waals surface area (Å²) in [5, 5.41) is -0.401. The molecule has 0 bridgehead atoms. The number of aromatic amines is 1. The second-order valence-electron chi connectivity index (χ2n) is 5.82. The third-order valence-electron chi connectivity index (χ3n) is 4.47. The van der Waals surface area contributed by atoms with Crippen molar-refractivity contribution in [2.75, 3.05) is 33.0 Å². The predicted octanol–water partition coefficient (Wildman–Crippen LogP) is 2.21. The van der Waals surface area contributed by atoms with Gasteiger partial charge in [0, 0.05) is 19.6 Å². The largest absolute Gasteiger partial charge is 0.364 e. The Balaban J connectivity index is 1.67. The van der Waals surface area contributed by atoms with Crippen molar-refractivity contribution in [1.29, 1.82) is 0 Å². The van der Waals surface area contributed by atoms with E-state index < -0.39 is 17.5 Å².